The highest BCUT2D eigenvalue weighted by molar-refractivity contribution is 6.06. The number of aliphatic carboxylic acids is 1. The number of ether oxygens (including phenoxy) is 3. The molecule has 41 heavy (non-hydrogen) atoms. The molecule has 218 valence electrons. The van der Waals surface area contributed by atoms with E-state index in [0.29, 0.717) is 56.7 Å². The summed E-state index contributed by atoms with van der Waals surface area (Å²) in [5.74, 6) is -1.94. The smallest absolute Gasteiger partial charge is 0.336 e. The van der Waals surface area contributed by atoms with Crippen LogP contribution in [0.15, 0.2) is 48.5 Å². The Morgan fingerprint density at radius 2 is 1.83 bits per heavy atom. The van der Waals surface area contributed by atoms with Crippen LogP contribution < -0.4 is 15.0 Å². The van der Waals surface area contributed by atoms with Gasteiger partial charge in [0.15, 0.2) is 0 Å². The van der Waals surface area contributed by atoms with Crippen LogP contribution in [0.3, 0.4) is 0 Å². The molecule has 1 spiro atoms. The number of carbonyl (C=O) groups is 3. The monoisotopic (exact) mass is 566 g/mol. The number of carboxylic acid groups (broad SMARTS) is 2. The fourth-order valence-electron chi connectivity index (χ4n) is 5.32. The van der Waals surface area contributed by atoms with Crippen molar-refractivity contribution in [3.63, 3.8) is 0 Å². The zero-order valence-electron chi connectivity index (χ0n) is 22.6. The van der Waals surface area contributed by atoms with Gasteiger partial charge in [-0.15, -0.1) is 0 Å². The summed E-state index contributed by atoms with van der Waals surface area (Å²) < 4.78 is 16.4. The molecule has 1 aliphatic carbocycles. The summed E-state index contributed by atoms with van der Waals surface area (Å²) in [5.41, 5.74) is 2.43. The highest BCUT2D eigenvalue weighted by Crippen LogP contribution is 2.50. The maximum Gasteiger partial charge on any atom is 0.336 e. The third-order valence-corrected chi connectivity index (χ3v) is 7.42. The van der Waals surface area contributed by atoms with Crippen molar-refractivity contribution in [3.05, 3.63) is 59.7 Å². The van der Waals surface area contributed by atoms with Crippen LogP contribution in [0.5, 0.6) is 11.5 Å². The second-order valence-electron chi connectivity index (χ2n) is 9.93. The molecule has 11 heteroatoms. The second-order valence-corrected chi connectivity index (χ2v) is 9.93. The molecular weight excluding hydrogens is 532 g/mol. The van der Waals surface area contributed by atoms with Gasteiger partial charge in [-0.1, -0.05) is 30.7 Å². The van der Waals surface area contributed by atoms with Crippen molar-refractivity contribution in [2.24, 2.45) is 5.92 Å². The first-order chi connectivity index (χ1) is 19.9. The lowest BCUT2D eigenvalue weighted by molar-refractivity contribution is -0.147. The van der Waals surface area contributed by atoms with Gasteiger partial charge in [-0.05, 0) is 55.5 Å². The molecule has 4 rings (SSSR count). The van der Waals surface area contributed by atoms with E-state index in [1.165, 1.54) is 6.07 Å². The average molecular weight is 567 g/mol. The van der Waals surface area contributed by atoms with E-state index in [4.69, 9.17) is 25.5 Å². The number of benzene rings is 2. The summed E-state index contributed by atoms with van der Waals surface area (Å²) in [7, 11) is 0. The van der Waals surface area contributed by atoms with Crippen LogP contribution in [0.1, 0.15) is 48.0 Å². The highest BCUT2D eigenvalue weighted by Gasteiger charge is 2.69. The van der Waals surface area contributed by atoms with E-state index < -0.39 is 23.4 Å². The summed E-state index contributed by atoms with van der Waals surface area (Å²) in [6.45, 7) is 1.53. The summed E-state index contributed by atoms with van der Waals surface area (Å²) in [6.07, 6.45) is 9.43. The Balaban J connectivity index is 1.15. The summed E-state index contributed by atoms with van der Waals surface area (Å²) in [4.78, 5) is 43.3. The molecule has 3 unspecified atom stereocenters. The Bertz CT molecular complexity index is 1260. The first-order valence-corrected chi connectivity index (χ1v) is 13.5. The van der Waals surface area contributed by atoms with Gasteiger partial charge in [0.1, 0.15) is 42.5 Å². The van der Waals surface area contributed by atoms with Crippen molar-refractivity contribution < 1.29 is 43.6 Å². The molecule has 2 fully saturated rings. The molecule has 1 saturated carbocycles. The van der Waals surface area contributed by atoms with Gasteiger partial charge in [0.05, 0.1) is 18.1 Å². The Kier molecular flexibility index (Phi) is 10.1. The van der Waals surface area contributed by atoms with Crippen molar-refractivity contribution in [2.75, 3.05) is 26.3 Å². The number of rotatable bonds is 16. The molecular formula is C30H34N2O9. The third kappa shape index (κ3) is 7.28. The minimum atomic E-state index is -1.09. The number of hydroxylamine groups is 1. The quantitative estimate of drug-likeness (QED) is 0.120. The first-order valence-electron chi connectivity index (χ1n) is 13.5. The molecule has 1 heterocycles. The maximum absolute atomic E-state index is 12.6. The number of amides is 1. The summed E-state index contributed by atoms with van der Waals surface area (Å²) in [6, 6.07) is 14.1. The van der Waals surface area contributed by atoms with E-state index in [-0.39, 0.29) is 37.2 Å². The maximum atomic E-state index is 12.6. The number of unbranched alkanes of at least 4 members (excludes halogenated alkanes) is 1. The SMILES string of the molecule is C#COC1CCC2(C(=O)N2CCCCNOCc2ccc(OCCOc3ccccc3)cc2C(=O)O)C(C(=O)O)C1. The molecule has 1 amide bonds. The molecule has 0 radical (unpaired) electrons. The number of nitrogens with one attached hydrogen (secondary N) is 1. The van der Waals surface area contributed by atoms with Crippen molar-refractivity contribution >= 4 is 17.8 Å². The number of aromatic carboxylic acids is 1. The molecule has 2 aliphatic rings. The summed E-state index contributed by atoms with van der Waals surface area (Å²) in [5, 5.41) is 19.3. The fraction of sp³-hybridized carbons (Fsp3) is 0.433. The molecule has 0 bridgehead atoms. The predicted molar refractivity (Wildman–Crippen MR) is 146 cm³/mol. The lowest BCUT2D eigenvalue weighted by Crippen LogP contribution is -2.43. The number of terminal acetylenes is 1. The normalized spacial score (nSPS) is 21.2. The third-order valence-electron chi connectivity index (χ3n) is 7.42. The fourth-order valence-corrected chi connectivity index (χ4v) is 5.32. The van der Waals surface area contributed by atoms with Crippen LogP contribution in [-0.2, 0) is 25.8 Å². The van der Waals surface area contributed by atoms with Gasteiger partial charge in [0.25, 0.3) is 0 Å². The molecule has 3 atom stereocenters. The van der Waals surface area contributed by atoms with Crippen LogP contribution in [-0.4, -0.2) is 70.9 Å². The highest BCUT2D eigenvalue weighted by atomic mass is 16.6. The Morgan fingerprint density at radius 1 is 1.07 bits per heavy atom. The van der Waals surface area contributed by atoms with Crippen molar-refractivity contribution in [3.8, 4) is 24.0 Å². The van der Waals surface area contributed by atoms with E-state index in [0.717, 1.165) is 5.75 Å². The van der Waals surface area contributed by atoms with Crippen LogP contribution >= 0.6 is 0 Å². The molecule has 1 saturated heterocycles. The topological polar surface area (TPSA) is 144 Å². The molecule has 1 aliphatic heterocycles. The van der Waals surface area contributed by atoms with Gasteiger partial charge in [-0.25, -0.2) is 10.3 Å². The standard InChI is InChI=1S/C30H34N2O9/c1-2-38-24-12-13-30(26(19-24)28(35)36)29(37)32(30)15-7-6-14-31-41-20-21-10-11-23(18-25(21)27(33)34)40-17-16-39-22-8-4-3-5-9-22/h1,3-5,8-11,18,24,26,31H,6-7,12-17,19-20H2,(H,33,34)(H,35,36). The molecule has 0 aromatic heterocycles. The number of para-hydroxylation sites is 1. The van der Waals surface area contributed by atoms with Gasteiger partial charge in [0.2, 0.25) is 5.91 Å². The number of nitrogens with zero attached hydrogens (tertiary/aromatic N) is 1. The molecule has 2 aromatic carbocycles. The van der Waals surface area contributed by atoms with Crippen LogP contribution in [0.25, 0.3) is 0 Å². The van der Waals surface area contributed by atoms with E-state index in [1.54, 1.807) is 17.0 Å². The predicted octanol–water partition coefficient (Wildman–Crippen LogP) is 3.09. The average Bonchev–Trinajstić information content (AvgIpc) is 3.52. The summed E-state index contributed by atoms with van der Waals surface area (Å²) >= 11 is 0. The number of carboxylic acids is 2. The lowest BCUT2D eigenvalue weighted by atomic mass is 9.76. The van der Waals surface area contributed by atoms with Crippen molar-refractivity contribution in [2.45, 2.75) is 50.4 Å². The second kappa shape index (κ2) is 13.9. The van der Waals surface area contributed by atoms with Gasteiger partial charge >= 0.3 is 11.9 Å². The largest absolute Gasteiger partial charge is 0.490 e. The number of hydrogen-bond acceptors (Lipinski definition) is 8. The number of carbonyl (C=O) groups excluding carboxylic acids is 1. The minimum Gasteiger partial charge on any atom is -0.490 e. The van der Waals surface area contributed by atoms with Crippen molar-refractivity contribution in [1.82, 2.24) is 10.4 Å². The minimum absolute atomic E-state index is 0.0357. The first kappa shape index (κ1) is 29.7. The zero-order valence-corrected chi connectivity index (χ0v) is 22.6. The lowest BCUT2D eigenvalue weighted by Gasteiger charge is -2.31. The van der Waals surface area contributed by atoms with Gasteiger partial charge in [0, 0.05) is 19.5 Å². The Labute approximate surface area is 238 Å². The van der Waals surface area contributed by atoms with E-state index in [1.807, 2.05) is 30.3 Å². The van der Waals surface area contributed by atoms with Crippen molar-refractivity contribution in [1.29, 1.82) is 0 Å². The number of hydrogen-bond donors (Lipinski definition) is 3. The zero-order chi connectivity index (χ0) is 29.2. The van der Waals surface area contributed by atoms with Gasteiger partial charge in [-0.3, -0.25) is 14.4 Å². The van der Waals surface area contributed by atoms with E-state index in [2.05, 4.69) is 11.6 Å². The molecule has 3 N–H and O–H groups in total. The Hall–Kier alpha value is -4.27. The van der Waals surface area contributed by atoms with Crippen LogP contribution in [0, 0.1) is 18.4 Å². The van der Waals surface area contributed by atoms with Gasteiger partial charge < -0.3 is 29.3 Å². The van der Waals surface area contributed by atoms with Crippen LogP contribution in [0.4, 0.5) is 0 Å². The Morgan fingerprint density at radius 3 is 2.54 bits per heavy atom. The van der Waals surface area contributed by atoms with E-state index in [9.17, 15) is 24.6 Å². The van der Waals surface area contributed by atoms with E-state index >= 15 is 0 Å². The van der Waals surface area contributed by atoms with Gasteiger partial charge in [-0.2, -0.15) is 0 Å². The molecule has 2 aromatic rings. The van der Waals surface area contributed by atoms with Crippen LogP contribution in [0.2, 0.25) is 0 Å². The molecule has 11 nitrogen and oxygen atoms in total.